The zero-order chi connectivity index (χ0) is 11.5. The van der Waals surface area contributed by atoms with Crippen molar-refractivity contribution in [3.8, 4) is 0 Å². The van der Waals surface area contributed by atoms with Crippen molar-refractivity contribution in [2.75, 3.05) is 0 Å². The Balaban J connectivity index is 2.27. The van der Waals surface area contributed by atoms with E-state index in [-0.39, 0.29) is 0 Å². The van der Waals surface area contributed by atoms with Crippen molar-refractivity contribution in [2.45, 2.75) is 20.4 Å². The molecule has 1 aromatic carbocycles. The van der Waals surface area contributed by atoms with E-state index in [1.54, 1.807) is 4.68 Å². The smallest absolute Gasteiger partial charge is 0.172 e. The average Bonchev–Trinajstić information content (AvgIpc) is 2.60. The molecule has 16 heavy (non-hydrogen) atoms. The number of rotatable bonds is 3. The Kier molecular flexibility index (Phi) is 2.81. The standard InChI is InChI=1S/C12H13N3O/c1-9-4-3-5-11(6-9)7-15-10(2)12(8-16)13-14-15/h3-6,8H,7H2,1-2H3. The molecule has 1 aromatic heterocycles. The fourth-order valence-electron chi connectivity index (χ4n) is 1.62. The van der Waals surface area contributed by atoms with Crippen LogP contribution < -0.4 is 0 Å². The highest BCUT2D eigenvalue weighted by atomic mass is 16.1. The maximum absolute atomic E-state index is 10.6. The quantitative estimate of drug-likeness (QED) is 0.733. The molecule has 0 amide bonds. The number of hydrogen-bond acceptors (Lipinski definition) is 3. The van der Waals surface area contributed by atoms with Crippen LogP contribution in [0, 0.1) is 13.8 Å². The summed E-state index contributed by atoms with van der Waals surface area (Å²) in [6.07, 6.45) is 0.731. The van der Waals surface area contributed by atoms with Gasteiger partial charge in [-0.3, -0.25) is 4.79 Å². The van der Waals surface area contributed by atoms with Crippen molar-refractivity contribution in [3.63, 3.8) is 0 Å². The molecule has 2 rings (SSSR count). The Labute approximate surface area is 93.9 Å². The fourth-order valence-corrected chi connectivity index (χ4v) is 1.62. The lowest BCUT2D eigenvalue weighted by atomic mass is 10.1. The predicted octanol–water partition coefficient (Wildman–Crippen LogP) is 1.76. The van der Waals surface area contributed by atoms with Crippen LogP contribution in [0.5, 0.6) is 0 Å². The number of aromatic nitrogens is 3. The summed E-state index contributed by atoms with van der Waals surface area (Å²) in [4.78, 5) is 10.6. The SMILES string of the molecule is Cc1cccc(Cn2nnc(C=O)c2C)c1. The van der Waals surface area contributed by atoms with Gasteiger partial charge in [0, 0.05) is 0 Å². The molecule has 4 nitrogen and oxygen atoms in total. The molecule has 0 saturated heterocycles. The van der Waals surface area contributed by atoms with Gasteiger partial charge in [-0.2, -0.15) is 0 Å². The lowest BCUT2D eigenvalue weighted by molar-refractivity contribution is 0.111. The Morgan fingerprint density at radius 3 is 2.81 bits per heavy atom. The monoisotopic (exact) mass is 215 g/mol. The van der Waals surface area contributed by atoms with Gasteiger partial charge >= 0.3 is 0 Å². The minimum atomic E-state index is 0.410. The lowest BCUT2D eigenvalue weighted by Gasteiger charge is -2.04. The first-order valence-electron chi connectivity index (χ1n) is 5.11. The molecule has 0 radical (unpaired) electrons. The van der Waals surface area contributed by atoms with E-state index in [9.17, 15) is 4.79 Å². The van der Waals surface area contributed by atoms with E-state index in [4.69, 9.17) is 0 Å². The van der Waals surface area contributed by atoms with Crippen LogP contribution in [0.15, 0.2) is 24.3 Å². The first-order chi connectivity index (χ1) is 7.70. The van der Waals surface area contributed by atoms with Gasteiger partial charge in [-0.15, -0.1) is 5.10 Å². The predicted molar refractivity (Wildman–Crippen MR) is 60.4 cm³/mol. The number of aldehydes is 1. The molecule has 0 aliphatic heterocycles. The van der Waals surface area contributed by atoms with Crippen LogP contribution in [0.3, 0.4) is 0 Å². The zero-order valence-corrected chi connectivity index (χ0v) is 9.34. The molecule has 0 unspecified atom stereocenters. The van der Waals surface area contributed by atoms with Crippen LogP contribution in [0.1, 0.15) is 27.3 Å². The van der Waals surface area contributed by atoms with Crippen molar-refractivity contribution in [2.24, 2.45) is 0 Å². The molecule has 1 heterocycles. The molecule has 0 fully saturated rings. The topological polar surface area (TPSA) is 47.8 Å². The van der Waals surface area contributed by atoms with Gasteiger partial charge in [-0.25, -0.2) is 4.68 Å². The lowest BCUT2D eigenvalue weighted by Crippen LogP contribution is -2.04. The molecule has 0 aliphatic rings. The van der Waals surface area contributed by atoms with Crippen LogP contribution in [-0.2, 0) is 6.54 Å². The first-order valence-corrected chi connectivity index (χ1v) is 5.11. The molecule has 0 aliphatic carbocycles. The van der Waals surface area contributed by atoms with E-state index >= 15 is 0 Å². The van der Waals surface area contributed by atoms with Gasteiger partial charge in [-0.1, -0.05) is 35.0 Å². The summed E-state index contributed by atoms with van der Waals surface area (Å²) in [5, 5.41) is 7.74. The molecule has 0 bridgehead atoms. The van der Waals surface area contributed by atoms with E-state index in [1.165, 1.54) is 5.56 Å². The number of aryl methyl sites for hydroxylation is 1. The third-order valence-electron chi connectivity index (χ3n) is 2.54. The maximum atomic E-state index is 10.6. The van der Waals surface area contributed by atoms with Crippen LogP contribution in [0.25, 0.3) is 0 Å². The normalized spacial score (nSPS) is 10.4. The van der Waals surface area contributed by atoms with E-state index in [2.05, 4.69) is 29.4 Å². The summed E-state index contributed by atoms with van der Waals surface area (Å²) >= 11 is 0. The molecule has 0 N–H and O–H groups in total. The van der Waals surface area contributed by atoms with Crippen molar-refractivity contribution in [3.05, 3.63) is 46.8 Å². The van der Waals surface area contributed by atoms with Gasteiger partial charge in [0.05, 0.1) is 12.2 Å². The second-order valence-electron chi connectivity index (χ2n) is 3.82. The van der Waals surface area contributed by atoms with Gasteiger partial charge in [0.2, 0.25) is 0 Å². The summed E-state index contributed by atoms with van der Waals surface area (Å²) in [5.74, 6) is 0. The first kappa shape index (κ1) is 10.5. The third-order valence-corrected chi connectivity index (χ3v) is 2.54. The summed E-state index contributed by atoms with van der Waals surface area (Å²) < 4.78 is 1.73. The van der Waals surface area contributed by atoms with E-state index in [1.807, 2.05) is 19.1 Å². The van der Waals surface area contributed by atoms with Crippen LogP contribution in [0.2, 0.25) is 0 Å². The van der Waals surface area contributed by atoms with E-state index < -0.39 is 0 Å². The van der Waals surface area contributed by atoms with Gasteiger partial charge in [-0.05, 0) is 19.4 Å². The molecular weight excluding hydrogens is 202 g/mol. The molecule has 4 heteroatoms. The Hall–Kier alpha value is -1.97. The minimum absolute atomic E-state index is 0.410. The highest BCUT2D eigenvalue weighted by molar-refractivity contribution is 5.72. The zero-order valence-electron chi connectivity index (χ0n) is 9.34. The number of nitrogens with zero attached hydrogens (tertiary/aromatic N) is 3. The molecular formula is C12H13N3O. The van der Waals surface area contributed by atoms with E-state index in [0.29, 0.717) is 12.2 Å². The number of benzene rings is 1. The van der Waals surface area contributed by atoms with Gasteiger partial charge < -0.3 is 0 Å². The summed E-state index contributed by atoms with van der Waals surface area (Å²) in [6, 6.07) is 8.20. The molecule has 82 valence electrons. The van der Waals surface area contributed by atoms with Gasteiger partial charge in [0.1, 0.15) is 5.69 Å². The Bertz CT molecular complexity index is 517. The summed E-state index contributed by atoms with van der Waals surface area (Å²) in [5.41, 5.74) is 3.58. The number of carbonyl (C=O) groups excluding carboxylic acids is 1. The average molecular weight is 215 g/mol. The van der Waals surface area contributed by atoms with Crippen LogP contribution in [0.4, 0.5) is 0 Å². The summed E-state index contributed by atoms with van der Waals surface area (Å²) in [6.45, 7) is 4.54. The molecule has 0 saturated carbocycles. The highest BCUT2D eigenvalue weighted by Crippen LogP contribution is 2.08. The van der Waals surface area contributed by atoms with E-state index in [0.717, 1.165) is 17.5 Å². The molecule has 0 spiro atoms. The maximum Gasteiger partial charge on any atom is 0.172 e. The van der Waals surface area contributed by atoms with Crippen LogP contribution in [-0.4, -0.2) is 21.3 Å². The second-order valence-corrected chi connectivity index (χ2v) is 3.82. The van der Waals surface area contributed by atoms with Crippen molar-refractivity contribution in [1.29, 1.82) is 0 Å². The van der Waals surface area contributed by atoms with Gasteiger partial charge in [0.15, 0.2) is 6.29 Å². The number of carbonyl (C=O) groups is 1. The third kappa shape index (κ3) is 2.00. The van der Waals surface area contributed by atoms with Crippen molar-refractivity contribution in [1.82, 2.24) is 15.0 Å². The second kappa shape index (κ2) is 4.26. The van der Waals surface area contributed by atoms with Gasteiger partial charge in [0.25, 0.3) is 0 Å². The highest BCUT2D eigenvalue weighted by Gasteiger charge is 2.07. The van der Waals surface area contributed by atoms with Crippen LogP contribution >= 0.6 is 0 Å². The Morgan fingerprint density at radius 2 is 2.19 bits per heavy atom. The molecule has 0 atom stereocenters. The largest absolute Gasteiger partial charge is 0.296 e. The molecule has 2 aromatic rings. The minimum Gasteiger partial charge on any atom is -0.296 e. The summed E-state index contributed by atoms with van der Waals surface area (Å²) in [7, 11) is 0. The Morgan fingerprint density at radius 1 is 1.38 bits per heavy atom. The van der Waals surface area contributed by atoms with Crippen molar-refractivity contribution >= 4 is 6.29 Å². The number of hydrogen-bond donors (Lipinski definition) is 0. The van der Waals surface area contributed by atoms with Crippen molar-refractivity contribution < 1.29 is 4.79 Å². The fraction of sp³-hybridized carbons (Fsp3) is 0.250.